The van der Waals surface area contributed by atoms with Crippen LogP contribution >= 0.6 is 11.3 Å². The van der Waals surface area contributed by atoms with E-state index in [1.165, 1.54) is 15.3 Å². The highest BCUT2D eigenvalue weighted by molar-refractivity contribution is 7.10. The van der Waals surface area contributed by atoms with Gasteiger partial charge in [0.15, 0.2) is 0 Å². The fourth-order valence-electron chi connectivity index (χ4n) is 2.86. The molecule has 2 aromatic heterocycles. The van der Waals surface area contributed by atoms with Gasteiger partial charge in [-0.1, -0.05) is 18.2 Å². The van der Waals surface area contributed by atoms with E-state index in [2.05, 4.69) is 25.4 Å². The molecule has 3 rings (SSSR count). The third-order valence-electron chi connectivity index (χ3n) is 4.07. The highest BCUT2D eigenvalue weighted by Gasteiger charge is 2.24. The van der Waals surface area contributed by atoms with E-state index in [0.717, 1.165) is 23.1 Å². The molecule has 0 saturated carbocycles. The van der Waals surface area contributed by atoms with Crippen molar-refractivity contribution in [3.8, 4) is 0 Å². The molecule has 0 bridgehead atoms. The average Bonchev–Trinajstić information content (AvgIpc) is 3.12. The fraction of sp³-hybridized carbons (Fsp3) is 0.316. The van der Waals surface area contributed by atoms with Gasteiger partial charge in [0.1, 0.15) is 18.7 Å². The SMILES string of the molecule is CCOC(=O)c1oc2ccccc2c1C[NH+](C)Cc1sccc1C. The van der Waals surface area contributed by atoms with E-state index in [1.54, 1.807) is 18.3 Å². The maximum absolute atomic E-state index is 12.3. The molecule has 0 aliphatic rings. The molecule has 4 nitrogen and oxygen atoms in total. The van der Waals surface area contributed by atoms with Crippen LogP contribution in [0.1, 0.15) is 33.5 Å². The lowest BCUT2D eigenvalue weighted by atomic mass is 10.1. The van der Waals surface area contributed by atoms with Crippen LogP contribution < -0.4 is 4.90 Å². The summed E-state index contributed by atoms with van der Waals surface area (Å²) >= 11 is 1.78. The number of hydrogen-bond acceptors (Lipinski definition) is 4. The van der Waals surface area contributed by atoms with Gasteiger partial charge in [0, 0.05) is 5.39 Å². The lowest BCUT2D eigenvalue weighted by Gasteiger charge is -2.14. The van der Waals surface area contributed by atoms with Crippen LogP contribution in [-0.2, 0) is 17.8 Å². The van der Waals surface area contributed by atoms with Crippen molar-refractivity contribution in [1.29, 1.82) is 0 Å². The minimum absolute atomic E-state index is 0.334. The zero-order chi connectivity index (χ0) is 17.1. The lowest BCUT2D eigenvalue weighted by molar-refractivity contribution is -0.907. The largest absolute Gasteiger partial charge is 0.460 e. The van der Waals surface area contributed by atoms with Crippen LogP contribution in [0.4, 0.5) is 0 Å². The second-order valence-corrected chi connectivity index (χ2v) is 6.96. The standard InChI is InChI=1S/C19H21NO3S/c1-4-22-19(21)18-15(14-7-5-6-8-16(14)23-18)11-20(3)12-17-13(2)9-10-24-17/h5-10H,4,11-12H2,1-3H3/p+1. The molecule has 1 N–H and O–H groups in total. The monoisotopic (exact) mass is 344 g/mol. The van der Waals surface area contributed by atoms with Crippen molar-refractivity contribution < 1.29 is 18.8 Å². The van der Waals surface area contributed by atoms with Crippen LogP contribution in [0.3, 0.4) is 0 Å². The third kappa shape index (κ3) is 3.37. The fourth-order valence-corrected chi connectivity index (χ4v) is 3.88. The number of rotatable bonds is 6. The number of thiophene rings is 1. The third-order valence-corrected chi connectivity index (χ3v) is 5.09. The zero-order valence-corrected chi connectivity index (χ0v) is 15.0. The van der Waals surface area contributed by atoms with E-state index in [1.807, 2.05) is 24.3 Å². The average molecular weight is 344 g/mol. The minimum Gasteiger partial charge on any atom is -0.460 e. The molecule has 0 fully saturated rings. The molecule has 0 spiro atoms. The van der Waals surface area contributed by atoms with Gasteiger partial charge < -0.3 is 14.1 Å². The summed E-state index contributed by atoms with van der Waals surface area (Å²) in [5.74, 6) is -0.0518. The molecule has 0 aliphatic carbocycles. The van der Waals surface area contributed by atoms with Gasteiger partial charge in [0.05, 0.1) is 24.1 Å². The Morgan fingerprint density at radius 3 is 2.75 bits per heavy atom. The predicted octanol–water partition coefficient (Wildman–Crippen LogP) is 3.19. The highest BCUT2D eigenvalue weighted by Crippen LogP contribution is 2.26. The van der Waals surface area contributed by atoms with Gasteiger partial charge in [-0.05, 0) is 36.9 Å². The molecule has 24 heavy (non-hydrogen) atoms. The molecule has 1 unspecified atom stereocenters. The number of ether oxygens (including phenoxy) is 1. The van der Waals surface area contributed by atoms with Gasteiger partial charge >= 0.3 is 5.97 Å². The number of nitrogens with one attached hydrogen (secondary N) is 1. The maximum Gasteiger partial charge on any atom is 0.374 e. The predicted molar refractivity (Wildman–Crippen MR) is 95.5 cm³/mol. The summed E-state index contributed by atoms with van der Waals surface area (Å²) in [6.07, 6.45) is 0. The molecule has 1 aromatic carbocycles. The number of carbonyl (C=O) groups is 1. The van der Waals surface area contributed by atoms with Gasteiger partial charge in [-0.15, -0.1) is 11.3 Å². The van der Waals surface area contributed by atoms with Crippen molar-refractivity contribution >= 4 is 28.3 Å². The van der Waals surface area contributed by atoms with Crippen molar-refractivity contribution in [2.75, 3.05) is 13.7 Å². The lowest BCUT2D eigenvalue weighted by Crippen LogP contribution is -3.06. The Morgan fingerprint density at radius 2 is 2.04 bits per heavy atom. The summed E-state index contributed by atoms with van der Waals surface area (Å²) < 4.78 is 11.0. The molecule has 0 amide bonds. The number of furan rings is 1. The Labute approximate surface area is 145 Å². The second-order valence-electron chi connectivity index (χ2n) is 5.96. The van der Waals surface area contributed by atoms with Gasteiger partial charge in [0.25, 0.3) is 0 Å². The summed E-state index contributed by atoms with van der Waals surface area (Å²) in [5, 5.41) is 3.11. The van der Waals surface area contributed by atoms with E-state index >= 15 is 0 Å². The number of benzene rings is 1. The van der Waals surface area contributed by atoms with Crippen molar-refractivity contribution in [3.63, 3.8) is 0 Å². The number of aryl methyl sites for hydroxylation is 1. The number of quaternary nitrogens is 1. The molecule has 3 aromatic rings. The summed E-state index contributed by atoms with van der Waals surface area (Å²) in [5.41, 5.74) is 2.98. The number of carbonyl (C=O) groups excluding carboxylic acids is 1. The topological polar surface area (TPSA) is 43.9 Å². The maximum atomic E-state index is 12.3. The number of esters is 1. The first-order chi connectivity index (χ1) is 11.6. The summed E-state index contributed by atoms with van der Waals surface area (Å²) in [6.45, 7) is 5.91. The summed E-state index contributed by atoms with van der Waals surface area (Å²) in [6, 6.07) is 9.91. The Hall–Kier alpha value is -2.11. The van der Waals surface area contributed by atoms with E-state index in [0.29, 0.717) is 18.9 Å². The van der Waals surface area contributed by atoms with Crippen LogP contribution in [0.15, 0.2) is 40.1 Å². The van der Waals surface area contributed by atoms with Crippen LogP contribution in [0.2, 0.25) is 0 Å². The van der Waals surface area contributed by atoms with Crippen LogP contribution in [0.25, 0.3) is 11.0 Å². The van der Waals surface area contributed by atoms with Crippen molar-refractivity contribution in [2.24, 2.45) is 0 Å². The number of hydrogen-bond donors (Lipinski definition) is 1. The van der Waals surface area contributed by atoms with Crippen LogP contribution in [-0.4, -0.2) is 19.6 Å². The molecular weight excluding hydrogens is 322 g/mol. The van der Waals surface area contributed by atoms with Gasteiger partial charge in [-0.25, -0.2) is 4.79 Å². The number of para-hydroxylation sites is 1. The van der Waals surface area contributed by atoms with Crippen molar-refractivity contribution in [3.05, 3.63) is 57.5 Å². The highest BCUT2D eigenvalue weighted by atomic mass is 32.1. The van der Waals surface area contributed by atoms with Crippen molar-refractivity contribution in [1.82, 2.24) is 0 Å². The van der Waals surface area contributed by atoms with Crippen LogP contribution in [0.5, 0.6) is 0 Å². The Balaban J connectivity index is 1.90. The van der Waals surface area contributed by atoms with Gasteiger partial charge in [0.2, 0.25) is 5.76 Å². The van der Waals surface area contributed by atoms with Gasteiger partial charge in [-0.3, -0.25) is 0 Å². The first-order valence-corrected chi connectivity index (χ1v) is 9.00. The Kier molecular flexibility index (Phi) is 5.02. The molecule has 0 radical (unpaired) electrons. The molecule has 5 heteroatoms. The molecule has 0 aliphatic heterocycles. The van der Waals surface area contributed by atoms with Crippen molar-refractivity contribution in [2.45, 2.75) is 26.9 Å². The zero-order valence-electron chi connectivity index (χ0n) is 14.2. The molecule has 2 heterocycles. The van der Waals surface area contributed by atoms with E-state index < -0.39 is 0 Å². The minimum atomic E-state index is -0.385. The van der Waals surface area contributed by atoms with Gasteiger partial charge in [-0.2, -0.15) is 0 Å². The summed E-state index contributed by atoms with van der Waals surface area (Å²) in [4.78, 5) is 14.9. The Bertz CT molecular complexity index is 849. The van der Waals surface area contributed by atoms with E-state index in [-0.39, 0.29) is 5.97 Å². The van der Waals surface area contributed by atoms with Crippen LogP contribution in [0, 0.1) is 6.92 Å². The summed E-state index contributed by atoms with van der Waals surface area (Å²) in [7, 11) is 2.13. The number of fused-ring (bicyclic) bond motifs is 1. The first kappa shape index (κ1) is 16.7. The van der Waals surface area contributed by atoms with E-state index in [4.69, 9.17) is 9.15 Å². The second kappa shape index (κ2) is 7.20. The molecule has 1 atom stereocenters. The smallest absolute Gasteiger partial charge is 0.374 e. The van der Waals surface area contributed by atoms with E-state index in [9.17, 15) is 4.79 Å². The normalized spacial score (nSPS) is 12.5. The molecule has 126 valence electrons. The first-order valence-electron chi connectivity index (χ1n) is 8.12. The Morgan fingerprint density at radius 1 is 1.25 bits per heavy atom. The molecular formula is C19H22NO3S+. The quantitative estimate of drug-likeness (QED) is 0.699. The molecule has 0 saturated heterocycles.